The first-order valence-electron chi connectivity index (χ1n) is 7.04. The minimum absolute atomic E-state index is 0.548. The summed E-state index contributed by atoms with van der Waals surface area (Å²) < 4.78 is 0. The molecule has 1 aromatic rings. The molecule has 1 fully saturated rings. The van der Waals surface area contributed by atoms with Crippen molar-refractivity contribution in [2.45, 2.75) is 32.7 Å². The largest absolute Gasteiger partial charge is 0.320 e. The second-order valence-electron chi connectivity index (χ2n) is 5.36. The van der Waals surface area contributed by atoms with Gasteiger partial charge in [-0.25, -0.2) is 9.97 Å². The van der Waals surface area contributed by atoms with Crippen LogP contribution in [-0.4, -0.2) is 41.5 Å². The molecule has 0 aliphatic carbocycles. The highest BCUT2D eigenvalue weighted by Crippen LogP contribution is 2.21. The fraction of sp³-hybridized carbons (Fsp3) is 0.714. The first-order chi connectivity index (χ1) is 9.17. The maximum absolute atomic E-state index is 5.97. The lowest BCUT2D eigenvalue weighted by atomic mass is 9.93. The molecule has 4 nitrogen and oxygen atoms in total. The normalized spacial score (nSPS) is 17.8. The molecule has 5 heteroatoms. The fourth-order valence-electron chi connectivity index (χ4n) is 2.64. The van der Waals surface area contributed by atoms with Crippen LogP contribution >= 0.6 is 11.6 Å². The van der Waals surface area contributed by atoms with Gasteiger partial charge in [0.2, 0.25) is 0 Å². The molecule has 1 aliphatic rings. The number of likely N-dealkylation sites (tertiary alicyclic amines) is 1. The Balaban J connectivity index is 1.82. The smallest absolute Gasteiger partial charge is 0.144 e. The summed E-state index contributed by atoms with van der Waals surface area (Å²) in [5.74, 6) is 1.71. The molecule has 1 aromatic heterocycles. The summed E-state index contributed by atoms with van der Waals surface area (Å²) in [5, 5.41) is 3.78. The van der Waals surface area contributed by atoms with Gasteiger partial charge in [0.15, 0.2) is 0 Å². The van der Waals surface area contributed by atoms with E-state index in [1.807, 2.05) is 14.0 Å². The Morgan fingerprint density at radius 3 is 2.74 bits per heavy atom. The van der Waals surface area contributed by atoms with Gasteiger partial charge in [0.05, 0.1) is 6.54 Å². The van der Waals surface area contributed by atoms with Crippen molar-refractivity contribution >= 4 is 11.6 Å². The van der Waals surface area contributed by atoms with Crippen molar-refractivity contribution < 1.29 is 0 Å². The standard InChI is InChI=1S/C14H23ClN4/c1-11-9-13(15)18-14(17-11)10-19-7-4-12(5-8-19)3-6-16-2/h9,12,16H,3-8,10H2,1-2H3. The predicted molar refractivity (Wildman–Crippen MR) is 78.3 cm³/mol. The average molecular weight is 283 g/mol. The molecular weight excluding hydrogens is 260 g/mol. The average Bonchev–Trinajstić information content (AvgIpc) is 2.37. The van der Waals surface area contributed by atoms with Crippen molar-refractivity contribution in [3.05, 3.63) is 22.7 Å². The number of halogens is 1. The van der Waals surface area contributed by atoms with E-state index >= 15 is 0 Å². The lowest BCUT2D eigenvalue weighted by Crippen LogP contribution is -2.34. The Bertz CT molecular complexity index is 382. The van der Waals surface area contributed by atoms with Crippen LogP contribution in [0.5, 0.6) is 0 Å². The van der Waals surface area contributed by atoms with Crippen LogP contribution in [0, 0.1) is 12.8 Å². The van der Waals surface area contributed by atoms with Crippen molar-refractivity contribution in [3.63, 3.8) is 0 Å². The van der Waals surface area contributed by atoms with Crippen molar-refractivity contribution in [1.29, 1.82) is 0 Å². The maximum Gasteiger partial charge on any atom is 0.144 e. The molecule has 0 bridgehead atoms. The van der Waals surface area contributed by atoms with Gasteiger partial charge in [-0.3, -0.25) is 4.90 Å². The van der Waals surface area contributed by atoms with E-state index in [1.165, 1.54) is 19.3 Å². The third-order valence-electron chi connectivity index (χ3n) is 3.74. The zero-order chi connectivity index (χ0) is 13.7. The second-order valence-corrected chi connectivity index (χ2v) is 5.75. The number of hydrogen-bond acceptors (Lipinski definition) is 4. The predicted octanol–water partition coefficient (Wildman–Crippen LogP) is 2.26. The molecule has 0 spiro atoms. The summed E-state index contributed by atoms with van der Waals surface area (Å²) in [4.78, 5) is 11.2. The molecule has 1 N–H and O–H groups in total. The summed E-state index contributed by atoms with van der Waals surface area (Å²) in [6.07, 6.45) is 3.85. The fourth-order valence-corrected chi connectivity index (χ4v) is 2.90. The van der Waals surface area contributed by atoms with Gasteiger partial charge in [0.1, 0.15) is 11.0 Å². The van der Waals surface area contributed by atoms with E-state index in [2.05, 4.69) is 20.2 Å². The second kappa shape index (κ2) is 7.17. The van der Waals surface area contributed by atoms with Gasteiger partial charge in [0.25, 0.3) is 0 Å². The van der Waals surface area contributed by atoms with Crippen LogP contribution < -0.4 is 5.32 Å². The zero-order valence-corrected chi connectivity index (χ0v) is 12.6. The van der Waals surface area contributed by atoms with Crippen molar-refractivity contribution in [2.75, 3.05) is 26.7 Å². The highest BCUT2D eigenvalue weighted by Gasteiger charge is 2.19. The summed E-state index contributed by atoms with van der Waals surface area (Å²) in [7, 11) is 2.02. The number of rotatable bonds is 5. The Morgan fingerprint density at radius 2 is 2.11 bits per heavy atom. The van der Waals surface area contributed by atoms with E-state index in [0.29, 0.717) is 5.15 Å². The molecule has 2 rings (SSSR count). The van der Waals surface area contributed by atoms with Crippen LogP contribution in [0.2, 0.25) is 5.15 Å². The first kappa shape index (κ1) is 14.7. The molecule has 0 amide bonds. The summed E-state index contributed by atoms with van der Waals surface area (Å²) in [6.45, 7) is 6.19. The van der Waals surface area contributed by atoms with Crippen LogP contribution in [0.4, 0.5) is 0 Å². The highest BCUT2D eigenvalue weighted by atomic mass is 35.5. The minimum atomic E-state index is 0.548. The first-order valence-corrected chi connectivity index (χ1v) is 7.42. The van der Waals surface area contributed by atoms with Crippen LogP contribution in [0.15, 0.2) is 6.07 Å². The number of hydrogen-bond donors (Lipinski definition) is 1. The highest BCUT2D eigenvalue weighted by molar-refractivity contribution is 6.29. The van der Waals surface area contributed by atoms with E-state index in [9.17, 15) is 0 Å². The number of aromatic nitrogens is 2. The molecule has 0 radical (unpaired) electrons. The Kier molecular flexibility index (Phi) is 5.55. The number of aryl methyl sites for hydroxylation is 1. The van der Waals surface area contributed by atoms with Gasteiger partial charge in [0, 0.05) is 5.69 Å². The van der Waals surface area contributed by atoms with Crippen LogP contribution in [0.25, 0.3) is 0 Å². The van der Waals surface area contributed by atoms with Crippen LogP contribution in [-0.2, 0) is 6.54 Å². The lowest BCUT2D eigenvalue weighted by molar-refractivity contribution is 0.169. The molecule has 19 heavy (non-hydrogen) atoms. The summed E-state index contributed by atoms with van der Waals surface area (Å²) >= 11 is 5.97. The molecular formula is C14H23ClN4. The molecule has 0 atom stereocenters. The SMILES string of the molecule is CNCCC1CCN(Cc2nc(C)cc(Cl)n2)CC1. The van der Waals surface area contributed by atoms with Crippen molar-refractivity contribution in [1.82, 2.24) is 20.2 Å². The third-order valence-corrected chi connectivity index (χ3v) is 3.94. The van der Waals surface area contributed by atoms with Gasteiger partial charge in [-0.2, -0.15) is 0 Å². The number of nitrogens with zero attached hydrogens (tertiary/aromatic N) is 3. The molecule has 0 saturated carbocycles. The molecule has 2 heterocycles. The van der Waals surface area contributed by atoms with E-state index < -0.39 is 0 Å². The van der Waals surface area contributed by atoms with E-state index in [4.69, 9.17) is 11.6 Å². The van der Waals surface area contributed by atoms with Crippen LogP contribution in [0.1, 0.15) is 30.8 Å². The topological polar surface area (TPSA) is 41.0 Å². The van der Waals surface area contributed by atoms with Crippen molar-refractivity contribution in [2.24, 2.45) is 5.92 Å². The van der Waals surface area contributed by atoms with E-state index in [-0.39, 0.29) is 0 Å². The monoisotopic (exact) mass is 282 g/mol. The molecule has 1 aliphatic heterocycles. The molecule has 0 unspecified atom stereocenters. The van der Waals surface area contributed by atoms with Gasteiger partial charge in [-0.1, -0.05) is 11.6 Å². The molecule has 1 saturated heterocycles. The number of piperidine rings is 1. The Labute approximate surface area is 120 Å². The van der Waals surface area contributed by atoms with E-state index in [0.717, 1.165) is 43.6 Å². The quantitative estimate of drug-likeness (QED) is 0.841. The third kappa shape index (κ3) is 4.71. The zero-order valence-electron chi connectivity index (χ0n) is 11.8. The van der Waals surface area contributed by atoms with Gasteiger partial charge >= 0.3 is 0 Å². The van der Waals surface area contributed by atoms with Gasteiger partial charge < -0.3 is 5.32 Å². The molecule has 0 aromatic carbocycles. The lowest BCUT2D eigenvalue weighted by Gasteiger charge is -2.31. The summed E-state index contributed by atoms with van der Waals surface area (Å²) in [5.41, 5.74) is 0.943. The van der Waals surface area contributed by atoms with Crippen LogP contribution in [0.3, 0.4) is 0 Å². The maximum atomic E-state index is 5.97. The van der Waals surface area contributed by atoms with Gasteiger partial charge in [-0.15, -0.1) is 0 Å². The van der Waals surface area contributed by atoms with Crippen molar-refractivity contribution in [3.8, 4) is 0 Å². The Hall–Kier alpha value is -0.710. The Morgan fingerprint density at radius 1 is 1.37 bits per heavy atom. The summed E-state index contributed by atoms with van der Waals surface area (Å²) in [6, 6.07) is 1.80. The van der Waals surface area contributed by atoms with E-state index in [1.54, 1.807) is 6.07 Å². The van der Waals surface area contributed by atoms with Gasteiger partial charge in [-0.05, 0) is 64.9 Å². The number of nitrogens with one attached hydrogen (secondary N) is 1. The molecule has 106 valence electrons. The minimum Gasteiger partial charge on any atom is -0.320 e.